The van der Waals surface area contributed by atoms with Crippen LogP contribution in [0.1, 0.15) is 16.8 Å². The quantitative estimate of drug-likeness (QED) is 0.925. The van der Waals surface area contributed by atoms with Gasteiger partial charge in [-0.2, -0.15) is 0 Å². The van der Waals surface area contributed by atoms with Crippen molar-refractivity contribution < 1.29 is 14.6 Å². The molecule has 114 valence electrons. The number of halogens is 1. The first-order valence-electron chi connectivity index (χ1n) is 7.25. The van der Waals surface area contributed by atoms with E-state index in [4.69, 9.17) is 21.4 Å². The largest absolute Gasteiger partial charge is 0.478 e. The summed E-state index contributed by atoms with van der Waals surface area (Å²) in [7, 11) is 0. The van der Waals surface area contributed by atoms with Gasteiger partial charge in [0.25, 0.3) is 0 Å². The Balaban J connectivity index is 1.69. The number of morpholine rings is 1. The summed E-state index contributed by atoms with van der Waals surface area (Å²) in [5.41, 5.74) is 1.16. The molecule has 0 radical (unpaired) electrons. The molecule has 2 saturated heterocycles. The number of benzene rings is 1. The third-order valence-electron chi connectivity index (χ3n) is 4.26. The fourth-order valence-corrected chi connectivity index (χ4v) is 3.40. The van der Waals surface area contributed by atoms with Gasteiger partial charge in [0.1, 0.15) is 0 Å². The second-order valence-corrected chi connectivity index (χ2v) is 5.92. The first-order valence-corrected chi connectivity index (χ1v) is 7.62. The highest BCUT2D eigenvalue weighted by atomic mass is 35.5. The van der Waals surface area contributed by atoms with Crippen LogP contribution in [-0.2, 0) is 4.74 Å². The summed E-state index contributed by atoms with van der Waals surface area (Å²) in [6.45, 7) is 5.49. The summed E-state index contributed by atoms with van der Waals surface area (Å²) in [5, 5.41) is 9.50. The average Bonchev–Trinajstić information content (AvgIpc) is 2.97. The summed E-state index contributed by atoms with van der Waals surface area (Å²) in [5.74, 6) is -0.948. The molecule has 1 unspecified atom stereocenters. The second kappa shape index (κ2) is 6.22. The lowest BCUT2D eigenvalue weighted by Gasteiger charge is -2.32. The number of carboxylic acids is 1. The molecule has 0 amide bonds. The van der Waals surface area contributed by atoms with Crippen LogP contribution in [0.3, 0.4) is 0 Å². The zero-order valence-electron chi connectivity index (χ0n) is 11.8. The first-order chi connectivity index (χ1) is 10.1. The molecule has 6 heteroatoms. The molecule has 0 saturated carbocycles. The lowest BCUT2D eigenvalue weighted by Crippen LogP contribution is -2.44. The fraction of sp³-hybridized carbons (Fsp3) is 0.533. The van der Waals surface area contributed by atoms with Gasteiger partial charge in [-0.25, -0.2) is 4.79 Å². The van der Waals surface area contributed by atoms with Gasteiger partial charge in [0.15, 0.2) is 0 Å². The third-order valence-corrected chi connectivity index (χ3v) is 4.56. The number of hydrogen-bond donors (Lipinski definition) is 1. The van der Waals surface area contributed by atoms with E-state index >= 15 is 0 Å². The topological polar surface area (TPSA) is 53.0 Å². The van der Waals surface area contributed by atoms with E-state index < -0.39 is 5.97 Å². The van der Waals surface area contributed by atoms with Crippen LogP contribution < -0.4 is 4.90 Å². The van der Waals surface area contributed by atoms with Crippen molar-refractivity contribution >= 4 is 23.3 Å². The van der Waals surface area contributed by atoms with E-state index in [1.807, 2.05) is 6.07 Å². The first kappa shape index (κ1) is 14.6. The van der Waals surface area contributed by atoms with E-state index in [2.05, 4.69) is 9.80 Å². The maximum Gasteiger partial charge on any atom is 0.335 e. The highest BCUT2D eigenvalue weighted by Crippen LogP contribution is 2.31. The van der Waals surface area contributed by atoms with Crippen LogP contribution in [-0.4, -0.2) is 61.4 Å². The van der Waals surface area contributed by atoms with Crippen LogP contribution in [0.15, 0.2) is 18.2 Å². The van der Waals surface area contributed by atoms with Crippen molar-refractivity contribution in [2.45, 2.75) is 12.5 Å². The van der Waals surface area contributed by atoms with Crippen LogP contribution in [0.5, 0.6) is 0 Å². The van der Waals surface area contributed by atoms with Gasteiger partial charge in [0.2, 0.25) is 0 Å². The normalized spacial score (nSPS) is 23.5. The van der Waals surface area contributed by atoms with Gasteiger partial charge in [0.05, 0.1) is 29.5 Å². The summed E-state index contributed by atoms with van der Waals surface area (Å²) >= 11 is 6.25. The molecule has 1 aromatic rings. The van der Waals surface area contributed by atoms with Gasteiger partial charge < -0.3 is 14.7 Å². The van der Waals surface area contributed by atoms with E-state index in [1.165, 1.54) is 6.07 Å². The highest BCUT2D eigenvalue weighted by molar-refractivity contribution is 6.33. The molecule has 0 aromatic heterocycles. The monoisotopic (exact) mass is 310 g/mol. The predicted octanol–water partition coefficient (Wildman–Crippen LogP) is 1.95. The Bertz CT molecular complexity index is 532. The maximum atomic E-state index is 11.0. The van der Waals surface area contributed by atoms with E-state index in [9.17, 15) is 4.79 Å². The Kier molecular flexibility index (Phi) is 4.33. The van der Waals surface area contributed by atoms with Crippen molar-refractivity contribution in [1.29, 1.82) is 0 Å². The molecule has 2 heterocycles. The van der Waals surface area contributed by atoms with Crippen molar-refractivity contribution in [1.82, 2.24) is 4.90 Å². The molecule has 1 atom stereocenters. The molecule has 0 spiro atoms. The van der Waals surface area contributed by atoms with Gasteiger partial charge in [-0.05, 0) is 24.6 Å². The molecule has 2 fully saturated rings. The Labute approximate surface area is 129 Å². The predicted molar refractivity (Wildman–Crippen MR) is 81.4 cm³/mol. The summed E-state index contributed by atoms with van der Waals surface area (Å²) in [6, 6.07) is 5.49. The van der Waals surface area contributed by atoms with Crippen LogP contribution >= 0.6 is 11.6 Å². The number of aromatic carboxylic acids is 1. The molecule has 1 N–H and O–H groups in total. The van der Waals surface area contributed by atoms with Crippen molar-refractivity contribution in [3.05, 3.63) is 28.8 Å². The molecule has 2 aliphatic rings. The molecular weight excluding hydrogens is 292 g/mol. The van der Waals surface area contributed by atoms with Crippen molar-refractivity contribution in [2.24, 2.45) is 0 Å². The minimum absolute atomic E-state index is 0.229. The highest BCUT2D eigenvalue weighted by Gasteiger charge is 2.29. The Morgan fingerprint density at radius 2 is 2.05 bits per heavy atom. The Morgan fingerprint density at radius 1 is 1.29 bits per heavy atom. The summed E-state index contributed by atoms with van der Waals surface area (Å²) in [6.07, 6.45) is 1.11. The van der Waals surface area contributed by atoms with Crippen molar-refractivity contribution in [3.8, 4) is 0 Å². The Hall–Kier alpha value is -1.30. The van der Waals surface area contributed by atoms with Crippen LogP contribution in [0, 0.1) is 0 Å². The SMILES string of the molecule is O=C(O)c1ccc(N2CCC(N3CCOCC3)C2)c(Cl)c1. The zero-order valence-corrected chi connectivity index (χ0v) is 12.6. The van der Waals surface area contributed by atoms with E-state index in [0.717, 1.165) is 51.5 Å². The van der Waals surface area contributed by atoms with Crippen LogP contribution in [0.4, 0.5) is 5.69 Å². The van der Waals surface area contributed by atoms with Gasteiger partial charge in [-0.15, -0.1) is 0 Å². The van der Waals surface area contributed by atoms with Crippen LogP contribution in [0.25, 0.3) is 0 Å². The average molecular weight is 311 g/mol. The molecule has 5 nitrogen and oxygen atoms in total. The number of nitrogens with zero attached hydrogens (tertiary/aromatic N) is 2. The summed E-state index contributed by atoms with van der Waals surface area (Å²) < 4.78 is 5.39. The molecule has 2 aliphatic heterocycles. The van der Waals surface area contributed by atoms with Gasteiger partial charge in [-0.3, -0.25) is 4.90 Å². The summed E-state index contributed by atoms with van der Waals surface area (Å²) in [4.78, 5) is 15.7. The third kappa shape index (κ3) is 3.15. The molecular formula is C15H19ClN2O3. The van der Waals surface area contributed by atoms with E-state index in [0.29, 0.717) is 11.1 Å². The molecule has 3 rings (SSSR count). The second-order valence-electron chi connectivity index (χ2n) is 5.51. The molecule has 1 aromatic carbocycles. The standard InChI is InChI=1S/C15H19ClN2O3/c16-13-9-11(15(19)20)1-2-14(13)18-4-3-12(10-18)17-5-7-21-8-6-17/h1-2,9,12H,3-8,10H2,(H,19,20). The lowest BCUT2D eigenvalue weighted by molar-refractivity contribution is 0.0209. The van der Waals surface area contributed by atoms with Crippen molar-refractivity contribution in [3.63, 3.8) is 0 Å². The maximum absolute atomic E-state index is 11.0. The van der Waals surface area contributed by atoms with Crippen LogP contribution in [0.2, 0.25) is 5.02 Å². The number of rotatable bonds is 3. The number of anilines is 1. The molecule has 0 bridgehead atoms. The van der Waals surface area contributed by atoms with Gasteiger partial charge in [0, 0.05) is 32.2 Å². The molecule has 0 aliphatic carbocycles. The number of carboxylic acid groups (broad SMARTS) is 1. The minimum Gasteiger partial charge on any atom is -0.478 e. The number of ether oxygens (including phenoxy) is 1. The van der Waals surface area contributed by atoms with Gasteiger partial charge >= 0.3 is 5.97 Å². The minimum atomic E-state index is -0.948. The smallest absolute Gasteiger partial charge is 0.335 e. The fourth-order valence-electron chi connectivity index (χ4n) is 3.10. The van der Waals surface area contributed by atoms with E-state index in [-0.39, 0.29) is 5.56 Å². The van der Waals surface area contributed by atoms with Gasteiger partial charge in [-0.1, -0.05) is 11.6 Å². The van der Waals surface area contributed by atoms with E-state index in [1.54, 1.807) is 6.07 Å². The van der Waals surface area contributed by atoms with Crippen molar-refractivity contribution in [2.75, 3.05) is 44.3 Å². The number of carbonyl (C=O) groups is 1. The molecule has 21 heavy (non-hydrogen) atoms. The Morgan fingerprint density at radius 3 is 2.71 bits per heavy atom. The zero-order chi connectivity index (χ0) is 14.8. The lowest BCUT2D eigenvalue weighted by atomic mass is 10.2. The number of hydrogen-bond acceptors (Lipinski definition) is 4.